The number of para-hydroxylation sites is 1. The Bertz CT molecular complexity index is 735. The minimum Gasteiger partial charge on any atom is -1.00 e. The number of aryl methyl sites for hydroxylation is 1. The van der Waals surface area contributed by atoms with E-state index in [4.69, 9.17) is 0 Å². The maximum absolute atomic E-state index is 9.47. The van der Waals surface area contributed by atoms with Crippen LogP contribution in [0.1, 0.15) is 11.1 Å². The Morgan fingerprint density at radius 3 is 2.55 bits per heavy atom. The third kappa shape index (κ3) is 2.83. The van der Waals surface area contributed by atoms with Gasteiger partial charge in [0.05, 0.1) is 0 Å². The minimum absolute atomic E-state index is 0. The summed E-state index contributed by atoms with van der Waals surface area (Å²) in [6.45, 7) is 2.84. The lowest BCUT2D eigenvalue weighted by Gasteiger charge is -2.05. The molecule has 2 aromatic carbocycles. The highest BCUT2D eigenvalue weighted by Gasteiger charge is 2.10. The number of rotatable bonds is 2. The number of phenols is 1. The number of hydrogen-bond acceptors (Lipinski definition) is 1. The molecule has 1 aromatic heterocycles. The van der Waals surface area contributed by atoms with Crippen molar-refractivity contribution in [2.75, 3.05) is 0 Å². The van der Waals surface area contributed by atoms with E-state index in [-0.39, 0.29) is 17.0 Å². The van der Waals surface area contributed by atoms with Crippen LogP contribution in [0, 0.1) is 6.92 Å². The molecule has 102 valence electrons. The van der Waals surface area contributed by atoms with Crippen LogP contribution in [0.15, 0.2) is 60.8 Å². The molecule has 0 fully saturated rings. The quantitative estimate of drug-likeness (QED) is 0.667. The molecule has 3 heteroatoms. The van der Waals surface area contributed by atoms with E-state index >= 15 is 0 Å². The Hall–Kier alpha value is -1.87. The Balaban J connectivity index is 0.00000147. The van der Waals surface area contributed by atoms with Crippen LogP contribution in [-0.4, -0.2) is 5.11 Å². The molecule has 1 N–H and O–H groups in total. The summed E-state index contributed by atoms with van der Waals surface area (Å²) in [4.78, 5) is 0. The van der Waals surface area contributed by atoms with Crippen LogP contribution in [0.4, 0.5) is 0 Å². The average molecular weight is 330 g/mol. The van der Waals surface area contributed by atoms with Crippen LogP contribution in [-0.2, 0) is 6.54 Å². The van der Waals surface area contributed by atoms with Crippen molar-refractivity contribution in [1.82, 2.24) is 0 Å². The van der Waals surface area contributed by atoms with E-state index in [0.29, 0.717) is 5.75 Å². The largest absolute Gasteiger partial charge is 1.00 e. The van der Waals surface area contributed by atoms with Gasteiger partial charge in [-0.3, -0.25) is 0 Å². The highest BCUT2D eigenvalue weighted by molar-refractivity contribution is 5.74. The second-order valence-electron chi connectivity index (χ2n) is 4.81. The van der Waals surface area contributed by atoms with Gasteiger partial charge in [-0.2, -0.15) is 4.57 Å². The molecule has 2 nitrogen and oxygen atoms in total. The van der Waals surface area contributed by atoms with E-state index < -0.39 is 0 Å². The van der Waals surface area contributed by atoms with Crippen LogP contribution >= 0.6 is 0 Å². The summed E-state index contributed by atoms with van der Waals surface area (Å²) in [6, 6.07) is 18.1. The molecule has 0 aliphatic heterocycles. The molecule has 0 aliphatic rings. The SMILES string of the molecule is Cc1cc(O)ccc1C[n+]1cccc2ccccc21.[Br-]. The van der Waals surface area contributed by atoms with E-state index in [9.17, 15) is 5.11 Å². The van der Waals surface area contributed by atoms with Crippen LogP contribution in [0.3, 0.4) is 0 Å². The molecule has 0 aliphatic carbocycles. The molecule has 0 spiro atoms. The summed E-state index contributed by atoms with van der Waals surface area (Å²) in [6.07, 6.45) is 2.09. The number of aromatic nitrogens is 1. The molecule has 0 saturated heterocycles. The molecular formula is C17H16BrNO. The van der Waals surface area contributed by atoms with Crippen LogP contribution in [0.25, 0.3) is 10.9 Å². The summed E-state index contributed by atoms with van der Waals surface area (Å²) in [7, 11) is 0. The standard InChI is InChI=1S/C17H15NO.BrH/c1-13-11-16(19)9-8-15(13)12-18-10-4-6-14-5-2-3-7-17(14)18;/h2-11H,12H2,1H3;1H. The molecule has 3 aromatic rings. The molecule has 0 amide bonds. The minimum atomic E-state index is 0. The molecule has 0 bridgehead atoms. The van der Waals surface area contributed by atoms with Gasteiger partial charge in [0.25, 0.3) is 0 Å². The fraction of sp³-hybridized carbons (Fsp3) is 0.118. The zero-order chi connectivity index (χ0) is 13.2. The van der Waals surface area contributed by atoms with Crippen LogP contribution in [0.5, 0.6) is 5.75 Å². The van der Waals surface area contributed by atoms with E-state index in [1.165, 1.54) is 16.5 Å². The molecule has 0 unspecified atom stereocenters. The predicted octanol–water partition coefficient (Wildman–Crippen LogP) is 0.194. The summed E-state index contributed by atoms with van der Waals surface area (Å²) in [5.41, 5.74) is 3.55. The zero-order valence-corrected chi connectivity index (χ0v) is 12.8. The fourth-order valence-corrected chi connectivity index (χ4v) is 2.40. The number of phenolic OH excluding ortho intramolecular Hbond substituents is 1. The van der Waals surface area contributed by atoms with Gasteiger partial charge in [0.2, 0.25) is 5.52 Å². The first-order valence-electron chi connectivity index (χ1n) is 6.40. The van der Waals surface area contributed by atoms with Gasteiger partial charge in [0, 0.05) is 23.1 Å². The van der Waals surface area contributed by atoms with Crippen LogP contribution in [0.2, 0.25) is 0 Å². The molecular weight excluding hydrogens is 314 g/mol. The first kappa shape index (κ1) is 14.5. The van der Waals surface area contributed by atoms with Crippen LogP contribution < -0.4 is 21.5 Å². The summed E-state index contributed by atoms with van der Waals surface area (Å²) in [5, 5.41) is 10.7. The van der Waals surface area contributed by atoms with Crippen molar-refractivity contribution >= 4 is 10.9 Å². The first-order valence-corrected chi connectivity index (χ1v) is 6.40. The highest BCUT2D eigenvalue weighted by atomic mass is 79.9. The van der Waals surface area contributed by atoms with E-state index in [1.807, 2.05) is 13.0 Å². The van der Waals surface area contributed by atoms with Gasteiger partial charge in [-0.1, -0.05) is 12.1 Å². The molecule has 3 rings (SSSR count). The van der Waals surface area contributed by atoms with Gasteiger partial charge in [-0.15, -0.1) is 0 Å². The smallest absolute Gasteiger partial charge is 0.212 e. The average Bonchev–Trinajstić information content (AvgIpc) is 2.42. The van der Waals surface area contributed by atoms with Gasteiger partial charge in [0.15, 0.2) is 12.7 Å². The zero-order valence-electron chi connectivity index (χ0n) is 11.3. The molecule has 0 atom stereocenters. The van der Waals surface area contributed by atoms with Gasteiger partial charge >= 0.3 is 0 Å². The monoisotopic (exact) mass is 329 g/mol. The molecule has 0 radical (unpaired) electrons. The summed E-state index contributed by atoms with van der Waals surface area (Å²) >= 11 is 0. The normalized spacial score (nSPS) is 10.2. The summed E-state index contributed by atoms with van der Waals surface area (Å²) < 4.78 is 2.23. The maximum Gasteiger partial charge on any atom is 0.212 e. The van der Waals surface area contributed by atoms with E-state index in [1.54, 1.807) is 12.1 Å². The Kier molecular flexibility index (Phi) is 4.40. The first-order chi connectivity index (χ1) is 9.24. The van der Waals surface area contributed by atoms with Gasteiger partial charge in [-0.05, 0) is 42.8 Å². The Labute approximate surface area is 129 Å². The van der Waals surface area contributed by atoms with Crippen molar-refractivity contribution in [3.8, 4) is 5.75 Å². The van der Waals surface area contributed by atoms with E-state index in [0.717, 1.165) is 12.1 Å². The molecule has 20 heavy (non-hydrogen) atoms. The lowest BCUT2D eigenvalue weighted by atomic mass is 10.1. The summed E-state index contributed by atoms with van der Waals surface area (Å²) in [5.74, 6) is 0.323. The highest BCUT2D eigenvalue weighted by Crippen LogP contribution is 2.16. The maximum atomic E-state index is 9.47. The fourth-order valence-electron chi connectivity index (χ4n) is 2.40. The van der Waals surface area contributed by atoms with Crippen molar-refractivity contribution in [3.63, 3.8) is 0 Å². The van der Waals surface area contributed by atoms with Gasteiger partial charge in [0.1, 0.15) is 5.75 Å². The third-order valence-electron chi connectivity index (χ3n) is 3.45. The second kappa shape index (κ2) is 6.06. The Morgan fingerprint density at radius 1 is 1.00 bits per heavy atom. The Morgan fingerprint density at radius 2 is 1.75 bits per heavy atom. The van der Waals surface area contributed by atoms with Gasteiger partial charge in [-0.25, -0.2) is 0 Å². The lowest BCUT2D eigenvalue weighted by molar-refractivity contribution is -0.662. The topological polar surface area (TPSA) is 24.1 Å². The number of nitrogens with zero attached hydrogens (tertiary/aromatic N) is 1. The van der Waals surface area contributed by atoms with E-state index in [2.05, 4.69) is 47.2 Å². The van der Waals surface area contributed by atoms with Crippen molar-refractivity contribution < 1.29 is 26.7 Å². The number of aromatic hydroxyl groups is 1. The predicted molar refractivity (Wildman–Crippen MR) is 76.1 cm³/mol. The second-order valence-corrected chi connectivity index (χ2v) is 4.81. The molecule has 0 saturated carbocycles. The van der Waals surface area contributed by atoms with Gasteiger partial charge < -0.3 is 22.1 Å². The van der Waals surface area contributed by atoms with Crippen molar-refractivity contribution in [3.05, 3.63) is 71.9 Å². The number of fused-ring (bicyclic) bond motifs is 1. The number of halogens is 1. The van der Waals surface area contributed by atoms with Crippen molar-refractivity contribution in [2.45, 2.75) is 13.5 Å². The third-order valence-corrected chi connectivity index (χ3v) is 3.45. The molecule has 1 heterocycles. The number of hydrogen-bond donors (Lipinski definition) is 1. The number of pyridine rings is 1. The lowest BCUT2D eigenvalue weighted by Crippen LogP contribution is -3.00. The number of benzene rings is 2. The van der Waals surface area contributed by atoms with Crippen molar-refractivity contribution in [2.24, 2.45) is 0 Å². The van der Waals surface area contributed by atoms with Crippen molar-refractivity contribution in [1.29, 1.82) is 0 Å².